The maximum absolute atomic E-state index is 10.6. The SMILES string of the molecule is O=CN1C2CCC23COCC13. The fourth-order valence-electron chi connectivity index (χ4n) is 2.93. The highest BCUT2D eigenvalue weighted by atomic mass is 16.5. The molecule has 2 heterocycles. The molecule has 1 aliphatic carbocycles. The number of carbonyl (C=O) groups is 1. The quantitative estimate of drug-likeness (QED) is 0.496. The van der Waals surface area contributed by atoms with Crippen molar-refractivity contribution in [2.45, 2.75) is 24.9 Å². The van der Waals surface area contributed by atoms with E-state index in [1.54, 1.807) is 0 Å². The van der Waals surface area contributed by atoms with Gasteiger partial charge < -0.3 is 9.64 Å². The first-order valence-corrected chi connectivity index (χ1v) is 4.19. The van der Waals surface area contributed by atoms with Gasteiger partial charge in [-0.25, -0.2) is 0 Å². The second-order valence-corrected chi connectivity index (χ2v) is 3.87. The number of hydrogen-bond acceptors (Lipinski definition) is 2. The van der Waals surface area contributed by atoms with E-state index in [-0.39, 0.29) is 0 Å². The number of piperidine rings is 1. The molecule has 3 nitrogen and oxygen atoms in total. The van der Waals surface area contributed by atoms with Gasteiger partial charge in [-0.3, -0.25) is 4.79 Å². The molecule has 60 valence electrons. The Morgan fingerprint density at radius 1 is 1.55 bits per heavy atom. The fraction of sp³-hybridized carbons (Fsp3) is 0.875. The summed E-state index contributed by atoms with van der Waals surface area (Å²) in [5.74, 6) is 0. The smallest absolute Gasteiger partial charge is 0.210 e. The Bertz CT molecular complexity index is 218. The van der Waals surface area contributed by atoms with Gasteiger partial charge in [0.05, 0.1) is 19.3 Å². The van der Waals surface area contributed by atoms with Crippen LogP contribution < -0.4 is 0 Å². The second kappa shape index (κ2) is 1.61. The Balaban J connectivity index is 1.91. The molecule has 0 N–H and O–H groups in total. The largest absolute Gasteiger partial charge is 0.379 e. The van der Waals surface area contributed by atoms with Gasteiger partial charge in [0, 0.05) is 11.5 Å². The Morgan fingerprint density at radius 3 is 3.09 bits per heavy atom. The maximum atomic E-state index is 10.6. The normalized spacial score (nSPS) is 52.2. The van der Waals surface area contributed by atoms with Crippen LogP contribution in [-0.2, 0) is 9.53 Å². The van der Waals surface area contributed by atoms with E-state index in [2.05, 4.69) is 0 Å². The Labute approximate surface area is 65.3 Å². The van der Waals surface area contributed by atoms with Crippen molar-refractivity contribution >= 4 is 6.41 Å². The second-order valence-electron chi connectivity index (χ2n) is 3.87. The molecule has 3 atom stereocenters. The minimum Gasteiger partial charge on any atom is -0.379 e. The molecular weight excluding hydrogens is 142 g/mol. The van der Waals surface area contributed by atoms with Crippen molar-refractivity contribution in [3.05, 3.63) is 0 Å². The van der Waals surface area contributed by atoms with Gasteiger partial charge in [-0.1, -0.05) is 0 Å². The first kappa shape index (κ1) is 6.00. The number of amides is 1. The zero-order valence-electron chi connectivity index (χ0n) is 6.32. The summed E-state index contributed by atoms with van der Waals surface area (Å²) in [6.45, 7) is 1.67. The van der Waals surface area contributed by atoms with Gasteiger partial charge in [0.2, 0.25) is 6.41 Å². The maximum Gasteiger partial charge on any atom is 0.210 e. The number of ether oxygens (including phenoxy) is 1. The average Bonchev–Trinajstić information content (AvgIpc) is 2.40. The highest BCUT2D eigenvalue weighted by Gasteiger charge is 2.68. The van der Waals surface area contributed by atoms with Crippen LogP contribution in [0.15, 0.2) is 0 Å². The van der Waals surface area contributed by atoms with E-state index < -0.39 is 0 Å². The average molecular weight is 153 g/mol. The molecule has 0 aromatic carbocycles. The molecule has 0 bridgehead atoms. The van der Waals surface area contributed by atoms with E-state index in [0.717, 1.165) is 19.6 Å². The fourth-order valence-corrected chi connectivity index (χ4v) is 2.93. The van der Waals surface area contributed by atoms with E-state index in [1.807, 2.05) is 4.90 Å². The van der Waals surface area contributed by atoms with Gasteiger partial charge >= 0.3 is 0 Å². The standard InChI is InChI=1S/C8H11NO2/c10-5-9-6-1-2-8(6)4-11-3-7(8)9/h5-7H,1-4H2. The number of hydrogen-bond donors (Lipinski definition) is 0. The third kappa shape index (κ3) is 0.439. The molecular formula is C8H11NO2. The summed E-state index contributed by atoms with van der Waals surface area (Å²) >= 11 is 0. The molecule has 2 saturated heterocycles. The molecule has 0 aromatic heterocycles. The zero-order chi connectivity index (χ0) is 7.47. The summed E-state index contributed by atoms with van der Waals surface area (Å²) in [6.07, 6.45) is 3.45. The van der Waals surface area contributed by atoms with Crippen molar-refractivity contribution < 1.29 is 9.53 Å². The predicted octanol–water partition coefficient (Wildman–Crippen LogP) is 0.00600. The first-order chi connectivity index (χ1) is 5.38. The van der Waals surface area contributed by atoms with Gasteiger partial charge in [0.25, 0.3) is 0 Å². The first-order valence-electron chi connectivity index (χ1n) is 4.19. The van der Waals surface area contributed by atoms with Crippen LogP contribution in [0.25, 0.3) is 0 Å². The molecule has 11 heavy (non-hydrogen) atoms. The molecule has 1 amide bonds. The van der Waals surface area contributed by atoms with Crippen LogP contribution in [0.3, 0.4) is 0 Å². The van der Waals surface area contributed by atoms with Crippen molar-refractivity contribution in [3.8, 4) is 0 Å². The van der Waals surface area contributed by atoms with Crippen LogP contribution in [0, 0.1) is 5.41 Å². The van der Waals surface area contributed by atoms with Crippen LogP contribution in [0.1, 0.15) is 12.8 Å². The molecule has 0 aromatic rings. The summed E-state index contributed by atoms with van der Waals surface area (Å²) in [7, 11) is 0. The summed E-state index contributed by atoms with van der Waals surface area (Å²) < 4.78 is 5.39. The van der Waals surface area contributed by atoms with E-state index in [1.165, 1.54) is 12.8 Å². The lowest BCUT2D eigenvalue weighted by molar-refractivity contribution is -0.180. The van der Waals surface area contributed by atoms with Gasteiger partial charge in [-0.05, 0) is 12.8 Å². The van der Waals surface area contributed by atoms with Crippen molar-refractivity contribution in [1.82, 2.24) is 4.90 Å². The highest BCUT2D eigenvalue weighted by Crippen LogP contribution is 2.59. The van der Waals surface area contributed by atoms with Gasteiger partial charge in [0.1, 0.15) is 0 Å². The monoisotopic (exact) mass is 153 g/mol. The van der Waals surface area contributed by atoms with Crippen LogP contribution >= 0.6 is 0 Å². The molecule has 3 rings (SSSR count). The lowest BCUT2D eigenvalue weighted by atomic mass is 9.54. The van der Waals surface area contributed by atoms with Crippen molar-refractivity contribution in [3.63, 3.8) is 0 Å². The zero-order valence-corrected chi connectivity index (χ0v) is 6.32. The molecule has 2 aliphatic heterocycles. The molecule has 1 spiro atoms. The lowest BCUT2D eigenvalue weighted by Crippen LogP contribution is -2.75. The minimum absolute atomic E-state index is 0.418. The van der Waals surface area contributed by atoms with Crippen LogP contribution in [0.2, 0.25) is 0 Å². The summed E-state index contributed by atoms with van der Waals surface area (Å²) in [6, 6.07) is 0.964. The van der Waals surface area contributed by atoms with E-state index in [9.17, 15) is 4.79 Å². The van der Waals surface area contributed by atoms with Gasteiger partial charge in [-0.2, -0.15) is 0 Å². The molecule has 3 heteroatoms. The third-order valence-electron chi connectivity index (χ3n) is 3.70. The third-order valence-corrected chi connectivity index (χ3v) is 3.70. The van der Waals surface area contributed by atoms with E-state index in [0.29, 0.717) is 17.5 Å². The van der Waals surface area contributed by atoms with Crippen molar-refractivity contribution in [1.29, 1.82) is 0 Å². The van der Waals surface area contributed by atoms with Crippen molar-refractivity contribution in [2.24, 2.45) is 5.41 Å². The van der Waals surface area contributed by atoms with Crippen LogP contribution in [0.4, 0.5) is 0 Å². The molecule has 0 radical (unpaired) electrons. The Kier molecular flexibility index (Phi) is 0.876. The molecule has 3 unspecified atom stereocenters. The number of likely N-dealkylation sites (tertiary alicyclic amines) is 1. The topological polar surface area (TPSA) is 29.5 Å². The lowest BCUT2D eigenvalue weighted by Gasteiger charge is -2.65. The van der Waals surface area contributed by atoms with Crippen molar-refractivity contribution in [2.75, 3.05) is 13.2 Å². The summed E-state index contributed by atoms with van der Waals surface area (Å²) in [5.41, 5.74) is 0.418. The number of nitrogens with zero attached hydrogens (tertiary/aromatic N) is 1. The van der Waals surface area contributed by atoms with E-state index in [4.69, 9.17) is 4.74 Å². The molecule has 1 saturated carbocycles. The highest BCUT2D eigenvalue weighted by molar-refractivity contribution is 5.54. The summed E-state index contributed by atoms with van der Waals surface area (Å²) in [5, 5.41) is 0. The van der Waals surface area contributed by atoms with Crippen LogP contribution in [-0.4, -0.2) is 36.6 Å². The van der Waals surface area contributed by atoms with Gasteiger partial charge in [0.15, 0.2) is 0 Å². The Morgan fingerprint density at radius 2 is 2.45 bits per heavy atom. The number of carbonyl (C=O) groups excluding carboxylic acids is 1. The van der Waals surface area contributed by atoms with Gasteiger partial charge in [-0.15, -0.1) is 0 Å². The predicted molar refractivity (Wildman–Crippen MR) is 38.0 cm³/mol. The minimum atomic E-state index is 0.418. The van der Waals surface area contributed by atoms with E-state index >= 15 is 0 Å². The Hall–Kier alpha value is -0.570. The molecule has 3 fully saturated rings. The number of rotatable bonds is 1. The summed E-state index contributed by atoms with van der Waals surface area (Å²) in [4.78, 5) is 12.5. The van der Waals surface area contributed by atoms with Crippen LogP contribution in [0.5, 0.6) is 0 Å². The molecule has 3 aliphatic rings.